The molecule has 0 N–H and O–H groups in total. The third kappa shape index (κ3) is 14.0. The Balaban J connectivity index is 1.06. The molecule has 6 aromatic carbocycles. The fourth-order valence-corrected chi connectivity index (χ4v) is 10.9. The summed E-state index contributed by atoms with van der Waals surface area (Å²) in [5.41, 5.74) is 6.36. The molecule has 8 rings (SSSR count). The largest absolute Gasteiger partial charge is 0.436 e. The summed E-state index contributed by atoms with van der Waals surface area (Å²) in [6.07, 6.45) is 10.5. The second-order valence-corrected chi connectivity index (χ2v) is 20.7. The topological polar surface area (TPSA) is 77.5 Å². The van der Waals surface area contributed by atoms with Gasteiger partial charge < -0.3 is 18.9 Å². The highest BCUT2D eigenvalue weighted by atomic mass is 16.6. The zero-order valence-electron chi connectivity index (χ0n) is 44.3. The predicted octanol–water partition coefficient (Wildman–Crippen LogP) is 14.7. The molecule has 388 valence electrons. The Bertz CT molecular complexity index is 2370. The van der Waals surface area contributed by atoms with Crippen molar-refractivity contribution >= 4 is 11.9 Å². The molecular formula is C66H78N2O6. The van der Waals surface area contributed by atoms with E-state index >= 15 is 0 Å². The summed E-state index contributed by atoms with van der Waals surface area (Å²) in [7, 11) is 0. The Kier molecular flexibility index (Phi) is 19.6. The molecule has 0 radical (unpaired) electrons. The molecule has 0 amide bonds. The van der Waals surface area contributed by atoms with Crippen molar-refractivity contribution in [2.24, 2.45) is 0 Å². The number of hydrogen-bond acceptors (Lipinski definition) is 8. The molecule has 2 heterocycles. The molecule has 8 heteroatoms. The van der Waals surface area contributed by atoms with Crippen LogP contribution in [-0.4, -0.2) is 61.1 Å². The number of nitrogens with zero attached hydrogens (tertiary/aromatic N) is 2. The summed E-state index contributed by atoms with van der Waals surface area (Å²) >= 11 is 0. The van der Waals surface area contributed by atoms with E-state index in [-0.39, 0.29) is 12.2 Å². The molecule has 0 spiro atoms. The summed E-state index contributed by atoms with van der Waals surface area (Å²) in [4.78, 5) is 33.9. The van der Waals surface area contributed by atoms with Crippen molar-refractivity contribution in [2.45, 2.75) is 127 Å². The van der Waals surface area contributed by atoms with E-state index in [1.807, 2.05) is 72.8 Å². The van der Waals surface area contributed by atoms with Crippen molar-refractivity contribution in [1.82, 2.24) is 9.80 Å². The standard InChI is InChI=1S/C66H78N2O6/c1-51(2)53-33-37-59(38-34-53)65(67-45-19-9-20-46-67,43-23-49-71-63(55-25-11-5-12-26-55)56-27-13-6-14-28-56)73-61(69)41-42-62(70)74-66(68-47-21-10-22-48-68,60-39-35-54(36-40-60)52(3)4)44-24-50-72-64(57-29-15-7-16-30-57)58-31-17-8-18-32-58/h5-8,11-18,25-42,51-52,63-64H,9-10,19-24,43-50H2,1-4H3/b42-41+. The van der Waals surface area contributed by atoms with Gasteiger partial charge in [0.25, 0.3) is 0 Å². The number of hydrogen-bond donors (Lipinski definition) is 0. The van der Waals surface area contributed by atoms with Crippen molar-refractivity contribution in [2.75, 3.05) is 39.4 Å². The van der Waals surface area contributed by atoms with Gasteiger partial charge in [-0.05, 0) is 83.7 Å². The van der Waals surface area contributed by atoms with Gasteiger partial charge in [0.15, 0.2) is 11.4 Å². The SMILES string of the molecule is CC(C)c1ccc(C(CCCOC(c2ccccc2)c2ccccc2)(OC(=O)/C=C/C(=O)OC(CCCOC(c2ccccc2)c2ccccc2)(c2ccc(C(C)C)cc2)N2CCCCC2)N2CCCCC2)cc1. The third-order valence-corrected chi connectivity index (χ3v) is 15.0. The number of carbonyl (C=O) groups excluding carboxylic acids is 2. The normalized spacial score (nSPS) is 16.4. The minimum absolute atomic E-state index is 0.248. The van der Waals surface area contributed by atoms with E-state index in [2.05, 4.69) is 135 Å². The Morgan fingerprint density at radius 3 is 1.00 bits per heavy atom. The van der Waals surface area contributed by atoms with Crippen molar-refractivity contribution in [3.63, 3.8) is 0 Å². The minimum atomic E-state index is -1.10. The van der Waals surface area contributed by atoms with Crippen molar-refractivity contribution in [3.8, 4) is 0 Å². The molecule has 0 bridgehead atoms. The maximum Gasteiger partial charge on any atom is 0.333 e. The molecule has 0 saturated carbocycles. The third-order valence-electron chi connectivity index (χ3n) is 15.0. The highest BCUT2D eigenvalue weighted by Crippen LogP contribution is 2.41. The zero-order chi connectivity index (χ0) is 51.6. The van der Waals surface area contributed by atoms with Crippen molar-refractivity contribution < 1.29 is 28.5 Å². The number of carbonyl (C=O) groups is 2. The molecular weight excluding hydrogens is 917 g/mol. The summed E-state index contributed by atoms with van der Waals surface area (Å²) in [6.45, 7) is 12.7. The lowest BCUT2D eigenvalue weighted by Gasteiger charge is -2.45. The fraction of sp³-hybridized carbons (Fsp3) is 0.394. The van der Waals surface area contributed by atoms with Gasteiger partial charge in [0.1, 0.15) is 12.2 Å². The van der Waals surface area contributed by atoms with E-state index in [9.17, 15) is 9.59 Å². The molecule has 0 aliphatic carbocycles. The maximum atomic E-state index is 14.6. The van der Waals surface area contributed by atoms with Gasteiger partial charge >= 0.3 is 11.9 Å². The number of ether oxygens (including phenoxy) is 4. The van der Waals surface area contributed by atoms with Crippen molar-refractivity contribution in [1.29, 1.82) is 0 Å². The lowest BCUT2D eigenvalue weighted by Crippen LogP contribution is -2.52. The van der Waals surface area contributed by atoms with Crippen LogP contribution in [0.25, 0.3) is 0 Å². The Hall–Kier alpha value is -6.16. The number of benzene rings is 6. The maximum absolute atomic E-state index is 14.6. The minimum Gasteiger partial charge on any atom is -0.436 e. The summed E-state index contributed by atoms with van der Waals surface area (Å²) in [6, 6.07) is 58.4. The predicted molar refractivity (Wildman–Crippen MR) is 296 cm³/mol. The molecule has 2 aliphatic rings. The molecule has 2 aliphatic heterocycles. The monoisotopic (exact) mass is 995 g/mol. The Morgan fingerprint density at radius 2 is 0.716 bits per heavy atom. The first-order valence-corrected chi connectivity index (χ1v) is 27.4. The molecule has 74 heavy (non-hydrogen) atoms. The van der Waals surface area contributed by atoms with E-state index in [0.29, 0.717) is 50.7 Å². The van der Waals surface area contributed by atoms with Crippen LogP contribution in [0.5, 0.6) is 0 Å². The molecule has 2 saturated heterocycles. The van der Waals surface area contributed by atoms with Crippen LogP contribution < -0.4 is 0 Å². The van der Waals surface area contributed by atoms with Crippen LogP contribution in [0.3, 0.4) is 0 Å². The highest BCUT2D eigenvalue weighted by Gasteiger charge is 2.44. The quantitative estimate of drug-likeness (QED) is 0.0337. The summed E-state index contributed by atoms with van der Waals surface area (Å²) in [5.74, 6) is -0.521. The van der Waals surface area contributed by atoms with Gasteiger partial charge in [-0.25, -0.2) is 9.59 Å². The van der Waals surface area contributed by atoms with Gasteiger partial charge in [-0.15, -0.1) is 0 Å². The number of rotatable bonds is 24. The van der Waals surface area contributed by atoms with Crippen LogP contribution in [0.2, 0.25) is 0 Å². The van der Waals surface area contributed by atoms with Crippen LogP contribution in [0.15, 0.2) is 182 Å². The van der Waals surface area contributed by atoms with Crippen molar-refractivity contribution in [3.05, 3.63) is 227 Å². The zero-order valence-corrected chi connectivity index (χ0v) is 44.3. The molecule has 2 fully saturated rings. The second kappa shape index (κ2) is 26.9. The molecule has 0 aromatic heterocycles. The fourth-order valence-electron chi connectivity index (χ4n) is 10.9. The van der Waals surface area contributed by atoms with Gasteiger partial charge in [-0.1, -0.05) is 210 Å². The summed E-state index contributed by atoms with van der Waals surface area (Å²) in [5, 5.41) is 0. The van der Waals surface area contributed by atoms with Crippen LogP contribution in [0.1, 0.15) is 160 Å². The van der Waals surface area contributed by atoms with E-state index in [1.165, 1.54) is 23.3 Å². The second-order valence-electron chi connectivity index (χ2n) is 20.7. The van der Waals surface area contributed by atoms with E-state index in [1.54, 1.807) is 0 Å². The average molecular weight is 995 g/mol. The first-order chi connectivity index (χ1) is 36.1. The van der Waals surface area contributed by atoms with Gasteiger partial charge in [-0.3, -0.25) is 9.80 Å². The molecule has 6 aromatic rings. The summed E-state index contributed by atoms with van der Waals surface area (Å²) < 4.78 is 27.2. The lowest BCUT2D eigenvalue weighted by molar-refractivity contribution is -0.193. The molecule has 2 atom stereocenters. The first kappa shape index (κ1) is 54.1. The number of piperidine rings is 2. The smallest absolute Gasteiger partial charge is 0.333 e. The van der Waals surface area contributed by atoms with Gasteiger partial charge in [0.05, 0.1) is 0 Å². The van der Waals surface area contributed by atoms with Crippen LogP contribution in [-0.2, 0) is 40.0 Å². The van der Waals surface area contributed by atoms with Gasteiger partial charge in [0, 0.05) is 75.5 Å². The first-order valence-electron chi connectivity index (χ1n) is 27.4. The Morgan fingerprint density at radius 1 is 0.419 bits per heavy atom. The van der Waals surface area contributed by atoms with Gasteiger partial charge in [0.2, 0.25) is 0 Å². The number of likely N-dealkylation sites (tertiary alicyclic amines) is 2. The molecule has 8 nitrogen and oxygen atoms in total. The lowest BCUT2D eigenvalue weighted by atomic mass is 9.91. The van der Waals surface area contributed by atoms with Crippen LogP contribution in [0, 0.1) is 0 Å². The average Bonchev–Trinajstić information content (AvgIpc) is 3.45. The Labute approximate surface area is 441 Å². The highest BCUT2D eigenvalue weighted by molar-refractivity contribution is 5.92. The van der Waals surface area contributed by atoms with Crippen LogP contribution in [0.4, 0.5) is 0 Å². The van der Waals surface area contributed by atoms with E-state index in [0.717, 1.165) is 98.1 Å². The van der Waals surface area contributed by atoms with Crippen LogP contribution >= 0.6 is 0 Å². The molecule has 2 unspecified atom stereocenters. The van der Waals surface area contributed by atoms with Gasteiger partial charge in [-0.2, -0.15) is 0 Å². The number of esters is 2. The van der Waals surface area contributed by atoms with E-state index in [4.69, 9.17) is 18.9 Å². The van der Waals surface area contributed by atoms with E-state index < -0.39 is 23.4 Å².